The van der Waals surface area contributed by atoms with E-state index in [1.54, 1.807) is 19.1 Å². The molecule has 0 fully saturated rings. The van der Waals surface area contributed by atoms with Crippen molar-refractivity contribution < 1.29 is 18.7 Å². The fraction of sp³-hybridized carbons (Fsp3) is 0.125. The first-order valence-corrected chi connectivity index (χ1v) is 7.48. The first-order chi connectivity index (χ1) is 10.9. The van der Waals surface area contributed by atoms with Crippen LogP contribution in [0.4, 0.5) is 10.1 Å². The molecule has 0 heterocycles. The van der Waals surface area contributed by atoms with Gasteiger partial charge in [-0.3, -0.25) is 9.59 Å². The maximum Gasteiger partial charge on any atom is 0.265 e. The standard InChI is InChI=1S/C16H14BrFN2O3/c1-9(23-14-7-4-11(18)8-13(14)17)16(22)20-12-5-2-10(3-6-12)15(19)21/h2-9H,1H3,(H2,19,21)(H,20,22)/t9-/m1/s1. The lowest BCUT2D eigenvalue weighted by atomic mass is 10.2. The summed E-state index contributed by atoms with van der Waals surface area (Å²) in [5.74, 6) is -0.970. The van der Waals surface area contributed by atoms with Gasteiger partial charge in [-0.1, -0.05) is 0 Å². The Kier molecular flexibility index (Phi) is 5.33. The number of nitrogens with one attached hydrogen (secondary N) is 1. The summed E-state index contributed by atoms with van der Waals surface area (Å²) in [5.41, 5.74) is 6.00. The first kappa shape index (κ1) is 17.0. The summed E-state index contributed by atoms with van der Waals surface area (Å²) >= 11 is 3.17. The van der Waals surface area contributed by atoms with Gasteiger partial charge in [-0.05, 0) is 65.3 Å². The molecule has 7 heteroatoms. The third-order valence-corrected chi connectivity index (χ3v) is 3.62. The van der Waals surface area contributed by atoms with Crippen LogP contribution in [0.2, 0.25) is 0 Å². The van der Waals surface area contributed by atoms with Gasteiger partial charge in [-0.25, -0.2) is 4.39 Å². The average molecular weight is 381 g/mol. The molecule has 1 atom stereocenters. The van der Waals surface area contributed by atoms with Gasteiger partial charge in [0.2, 0.25) is 5.91 Å². The molecule has 2 aromatic carbocycles. The third-order valence-electron chi connectivity index (χ3n) is 3.00. The quantitative estimate of drug-likeness (QED) is 0.835. The van der Waals surface area contributed by atoms with Crippen molar-refractivity contribution in [2.24, 2.45) is 5.73 Å². The van der Waals surface area contributed by atoms with Gasteiger partial charge >= 0.3 is 0 Å². The minimum absolute atomic E-state index is 0.350. The highest BCUT2D eigenvalue weighted by atomic mass is 79.9. The van der Waals surface area contributed by atoms with E-state index in [9.17, 15) is 14.0 Å². The molecule has 0 bridgehead atoms. The molecule has 0 unspecified atom stereocenters. The van der Waals surface area contributed by atoms with Gasteiger partial charge in [0.25, 0.3) is 5.91 Å². The third kappa shape index (κ3) is 4.53. The summed E-state index contributed by atoms with van der Waals surface area (Å²) in [6.45, 7) is 1.57. The number of hydrogen-bond donors (Lipinski definition) is 2. The Morgan fingerprint density at radius 1 is 1.22 bits per heavy atom. The second-order valence-corrected chi connectivity index (χ2v) is 5.62. The van der Waals surface area contributed by atoms with E-state index in [1.807, 2.05) is 0 Å². The molecule has 2 rings (SSSR count). The van der Waals surface area contributed by atoms with Crippen LogP contribution in [0.25, 0.3) is 0 Å². The van der Waals surface area contributed by atoms with Crippen molar-refractivity contribution in [1.82, 2.24) is 0 Å². The number of rotatable bonds is 5. The van der Waals surface area contributed by atoms with Gasteiger partial charge in [0.15, 0.2) is 6.10 Å². The number of halogens is 2. The predicted molar refractivity (Wildman–Crippen MR) is 87.8 cm³/mol. The minimum atomic E-state index is -0.799. The molecule has 0 radical (unpaired) electrons. The van der Waals surface area contributed by atoms with Crippen LogP contribution in [0.5, 0.6) is 5.75 Å². The van der Waals surface area contributed by atoms with Crippen LogP contribution >= 0.6 is 15.9 Å². The Bertz CT molecular complexity index is 735. The van der Waals surface area contributed by atoms with E-state index in [0.29, 0.717) is 21.5 Å². The Hall–Kier alpha value is -2.41. The fourth-order valence-electron chi connectivity index (χ4n) is 1.78. The molecule has 3 N–H and O–H groups in total. The molecule has 2 aromatic rings. The van der Waals surface area contributed by atoms with Gasteiger partial charge in [0.1, 0.15) is 11.6 Å². The fourth-order valence-corrected chi connectivity index (χ4v) is 2.22. The van der Waals surface area contributed by atoms with Crippen LogP contribution in [-0.4, -0.2) is 17.9 Å². The summed E-state index contributed by atoms with van der Waals surface area (Å²) in [5, 5.41) is 2.65. The van der Waals surface area contributed by atoms with E-state index >= 15 is 0 Å². The van der Waals surface area contributed by atoms with Crippen LogP contribution in [0.1, 0.15) is 17.3 Å². The van der Waals surface area contributed by atoms with E-state index in [-0.39, 0.29) is 5.91 Å². The van der Waals surface area contributed by atoms with Crippen molar-refractivity contribution in [3.63, 3.8) is 0 Å². The number of hydrogen-bond acceptors (Lipinski definition) is 3. The average Bonchev–Trinajstić information content (AvgIpc) is 2.50. The molecule has 0 aliphatic carbocycles. The summed E-state index contributed by atoms with van der Waals surface area (Å²) in [6, 6.07) is 10.1. The molecule has 0 aromatic heterocycles. The normalized spacial score (nSPS) is 11.6. The van der Waals surface area contributed by atoms with Crippen LogP contribution in [-0.2, 0) is 4.79 Å². The number of ether oxygens (including phenoxy) is 1. The smallest absolute Gasteiger partial charge is 0.265 e. The zero-order valence-corrected chi connectivity index (χ0v) is 13.8. The highest BCUT2D eigenvalue weighted by Crippen LogP contribution is 2.26. The summed E-state index contributed by atoms with van der Waals surface area (Å²) in [4.78, 5) is 23.1. The van der Waals surface area contributed by atoms with Crippen molar-refractivity contribution in [2.45, 2.75) is 13.0 Å². The van der Waals surface area contributed by atoms with Crippen molar-refractivity contribution in [3.05, 3.63) is 58.3 Å². The maximum absolute atomic E-state index is 13.0. The van der Waals surface area contributed by atoms with E-state index < -0.39 is 17.8 Å². The lowest BCUT2D eigenvalue weighted by molar-refractivity contribution is -0.122. The Morgan fingerprint density at radius 3 is 2.43 bits per heavy atom. The molecule has 0 saturated carbocycles. The first-order valence-electron chi connectivity index (χ1n) is 6.69. The number of benzene rings is 2. The second kappa shape index (κ2) is 7.23. The van der Waals surface area contributed by atoms with Gasteiger partial charge < -0.3 is 15.8 Å². The topological polar surface area (TPSA) is 81.4 Å². The molecule has 0 spiro atoms. The Morgan fingerprint density at radius 2 is 1.87 bits per heavy atom. The SMILES string of the molecule is C[C@@H](Oc1ccc(F)cc1Br)C(=O)Nc1ccc(C(N)=O)cc1. The molecular weight excluding hydrogens is 367 g/mol. The summed E-state index contributed by atoms with van der Waals surface area (Å²) < 4.78 is 18.9. The highest BCUT2D eigenvalue weighted by Gasteiger charge is 2.16. The van der Waals surface area contributed by atoms with E-state index in [4.69, 9.17) is 10.5 Å². The van der Waals surface area contributed by atoms with Gasteiger partial charge in [-0.15, -0.1) is 0 Å². The van der Waals surface area contributed by atoms with E-state index in [1.165, 1.54) is 30.3 Å². The van der Waals surface area contributed by atoms with Crippen molar-refractivity contribution in [3.8, 4) is 5.75 Å². The molecular formula is C16H14BrFN2O3. The molecule has 5 nitrogen and oxygen atoms in total. The number of carbonyl (C=O) groups excluding carboxylic acids is 2. The molecule has 0 aliphatic rings. The van der Waals surface area contributed by atoms with Gasteiger partial charge in [-0.2, -0.15) is 0 Å². The van der Waals surface area contributed by atoms with E-state index in [0.717, 1.165) is 0 Å². The van der Waals surface area contributed by atoms with Crippen molar-refractivity contribution in [1.29, 1.82) is 0 Å². The lowest BCUT2D eigenvalue weighted by Gasteiger charge is -2.16. The Balaban J connectivity index is 2.00. The molecule has 2 amide bonds. The largest absolute Gasteiger partial charge is 0.480 e. The van der Waals surface area contributed by atoms with E-state index in [2.05, 4.69) is 21.2 Å². The highest BCUT2D eigenvalue weighted by molar-refractivity contribution is 9.10. The number of amides is 2. The van der Waals surface area contributed by atoms with Crippen LogP contribution < -0.4 is 15.8 Å². The monoisotopic (exact) mass is 380 g/mol. The minimum Gasteiger partial charge on any atom is -0.480 e. The molecule has 23 heavy (non-hydrogen) atoms. The molecule has 120 valence electrons. The number of anilines is 1. The maximum atomic E-state index is 13.0. The van der Waals surface area contributed by atoms with Gasteiger partial charge in [0.05, 0.1) is 4.47 Å². The number of nitrogens with two attached hydrogens (primary N) is 1. The van der Waals surface area contributed by atoms with Crippen molar-refractivity contribution in [2.75, 3.05) is 5.32 Å². The second-order valence-electron chi connectivity index (χ2n) is 4.77. The van der Waals surface area contributed by atoms with Crippen LogP contribution in [0, 0.1) is 5.82 Å². The van der Waals surface area contributed by atoms with Crippen LogP contribution in [0.15, 0.2) is 46.9 Å². The molecule has 0 saturated heterocycles. The van der Waals surface area contributed by atoms with Crippen molar-refractivity contribution >= 4 is 33.4 Å². The predicted octanol–water partition coefficient (Wildman–Crippen LogP) is 3.09. The zero-order valence-electron chi connectivity index (χ0n) is 12.2. The van der Waals surface area contributed by atoms with Gasteiger partial charge in [0, 0.05) is 11.3 Å². The number of carbonyl (C=O) groups is 2. The zero-order chi connectivity index (χ0) is 17.0. The summed E-state index contributed by atoms with van der Waals surface area (Å²) in [7, 11) is 0. The summed E-state index contributed by atoms with van der Waals surface area (Å²) in [6.07, 6.45) is -0.799. The lowest BCUT2D eigenvalue weighted by Crippen LogP contribution is -2.30. The van der Waals surface area contributed by atoms with Crippen LogP contribution in [0.3, 0.4) is 0 Å². The Labute approximate surface area is 140 Å². The number of primary amides is 1. The molecule has 0 aliphatic heterocycles.